The lowest BCUT2D eigenvalue weighted by Gasteiger charge is -2.17. The van der Waals surface area contributed by atoms with Crippen molar-refractivity contribution in [3.8, 4) is 50.5 Å². The molecule has 0 fully saturated rings. The molecule has 37 heavy (non-hydrogen) atoms. The standard InChI is InChI=1S/C34H29N2O/c1-35-31-16-10-11-17-32(31)36(2)34(35)33-29(25-12-6-4-7-13-25)22-27(24-18-20-28(37-3)21-19-24)23-30(33)26-14-8-5-9-15-26/h4-23H,1-3H3/q+1. The van der Waals surface area contributed by atoms with Crippen LogP contribution in [0.2, 0.25) is 0 Å². The van der Waals surface area contributed by atoms with E-state index in [9.17, 15) is 0 Å². The molecule has 0 aliphatic carbocycles. The first-order valence-electron chi connectivity index (χ1n) is 12.5. The quantitative estimate of drug-likeness (QED) is 0.231. The summed E-state index contributed by atoms with van der Waals surface area (Å²) in [6.07, 6.45) is 0. The number of aromatic nitrogens is 2. The first kappa shape index (κ1) is 22.8. The zero-order valence-electron chi connectivity index (χ0n) is 21.3. The third kappa shape index (κ3) is 3.99. The van der Waals surface area contributed by atoms with E-state index in [-0.39, 0.29) is 0 Å². The van der Waals surface area contributed by atoms with Crippen LogP contribution >= 0.6 is 0 Å². The Labute approximate surface area is 217 Å². The van der Waals surface area contributed by atoms with Gasteiger partial charge in [0.05, 0.1) is 26.8 Å². The van der Waals surface area contributed by atoms with Gasteiger partial charge in [-0.3, -0.25) is 0 Å². The summed E-state index contributed by atoms with van der Waals surface area (Å²) in [5.74, 6) is 2.02. The van der Waals surface area contributed by atoms with Gasteiger partial charge >= 0.3 is 0 Å². The minimum atomic E-state index is 0.856. The number of imidazole rings is 1. The lowest BCUT2D eigenvalue weighted by molar-refractivity contribution is -0.634. The van der Waals surface area contributed by atoms with Crippen molar-refractivity contribution in [2.45, 2.75) is 0 Å². The molecule has 0 aliphatic heterocycles. The highest BCUT2D eigenvalue weighted by Gasteiger charge is 2.28. The molecule has 0 saturated carbocycles. The molecule has 6 aromatic rings. The highest BCUT2D eigenvalue weighted by molar-refractivity contribution is 5.96. The smallest absolute Gasteiger partial charge is 0.290 e. The molecule has 3 heteroatoms. The maximum atomic E-state index is 5.42. The SMILES string of the molecule is COc1ccc(-c2cc(-c3ccccc3)c(-c3n(C)c4ccccc4[n+]3C)c(-c3ccccc3)c2)cc1. The Bertz CT molecular complexity index is 1600. The van der Waals surface area contributed by atoms with Crippen LogP contribution in [0.4, 0.5) is 0 Å². The predicted octanol–water partition coefficient (Wildman–Crippen LogP) is 7.68. The van der Waals surface area contributed by atoms with E-state index in [1.807, 2.05) is 12.1 Å². The molecule has 0 N–H and O–H groups in total. The second-order valence-electron chi connectivity index (χ2n) is 9.34. The van der Waals surface area contributed by atoms with Crippen LogP contribution in [0.5, 0.6) is 5.75 Å². The van der Waals surface area contributed by atoms with Gasteiger partial charge in [0.25, 0.3) is 5.82 Å². The van der Waals surface area contributed by atoms with Gasteiger partial charge in [0.2, 0.25) is 0 Å². The van der Waals surface area contributed by atoms with Crippen LogP contribution in [0.15, 0.2) is 121 Å². The molecule has 0 bridgehead atoms. The Kier molecular flexibility index (Phi) is 5.82. The van der Waals surface area contributed by atoms with E-state index in [0.717, 1.165) is 11.3 Å². The molecule has 5 aromatic carbocycles. The Morgan fingerprint density at radius 2 is 1.14 bits per heavy atom. The van der Waals surface area contributed by atoms with E-state index < -0.39 is 0 Å². The van der Waals surface area contributed by atoms with Crippen LogP contribution in [-0.4, -0.2) is 11.7 Å². The number of hydrogen-bond donors (Lipinski definition) is 0. The first-order valence-corrected chi connectivity index (χ1v) is 12.5. The van der Waals surface area contributed by atoms with Gasteiger partial charge in [-0.1, -0.05) is 84.9 Å². The van der Waals surface area contributed by atoms with Gasteiger partial charge in [-0.05, 0) is 69.8 Å². The molecular weight excluding hydrogens is 452 g/mol. The zero-order chi connectivity index (χ0) is 25.4. The van der Waals surface area contributed by atoms with Crippen molar-refractivity contribution in [1.82, 2.24) is 4.57 Å². The number of para-hydroxylation sites is 2. The Morgan fingerprint density at radius 3 is 1.68 bits per heavy atom. The zero-order valence-corrected chi connectivity index (χ0v) is 21.3. The molecule has 0 spiro atoms. The van der Waals surface area contributed by atoms with Gasteiger partial charge < -0.3 is 4.74 Å². The number of fused-ring (bicyclic) bond motifs is 1. The lowest BCUT2D eigenvalue weighted by atomic mass is 9.87. The molecule has 0 atom stereocenters. The van der Waals surface area contributed by atoms with E-state index in [2.05, 4.69) is 132 Å². The molecule has 0 unspecified atom stereocenters. The number of ether oxygens (including phenoxy) is 1. The van der Waals surface area contributed by atoms with Gasteiger partial charge in [-0.25, -0.2) is 9.13 Å². The molecule has 1 heterocycles. The minimum Gasteiger partial charge on any atom is -0.497 e. The maximum absolute atomic E-state index is 5.42. The number of benzene rings is 5. The van der Waals surface area contributed by atoms with E-state index in [1.54, 1.807) is 7.11 Å². The second kappa shape index (κ2) is 9.44. The fourth-order valence-corrected chi connectivity index (χ4v) is 5.34. The fraction of sp³-hybridized carbons (Fsp3) is 0.0882. The van der Waals surface area contributed by atoms with Gasteiger partial charge in [0.15, 0.2) is 11.0 Å². The van der Waals surface area contributed by atoms with Crippen LogP contribution in [0.25, 0.3) is 55.8 Å². The topological polar surface area (TPSA) is 18.0 Å². The molecule has 0 aliphatic rings. The molecule has 3 nitrogen and oxygen atoms in total. The van der Waals surface area contributed by atoms with Gasteiger partial charge in [-0.2, -0.15) is 0 Å². The Balaban J connectivity index is 1.74. The predicted molar refractivity (Wildman–Crippen MR) is 152 cm³/mol. The number of hydrogen-bond acceptors (Lipinski definition) is 1. The van der Waals surface area contributed by atoms with Crippen LogP contribution in [0, 0.1) is 0 Å². The van der Waals surface area contributed by atoms with Crippen molar-refractivity contribution >= 4 is 11.0 Å². The molecule has 1 aromatic heterocycles. The van der Waals surface area contributed by atoms with Crippen molar-refractivity contribution in [1.29, 1.82) is 0 Å². The number of rotatable bonds is 5. The van der Waals surface area contributed by atoms with Crippen LogP contribution in [-0.2, 0) is 14.1 Å². The summed E-state index contributed by atoms with van der Waals surface area (Å²) in [5, 5.41) is 0. The van der Waals surface area contributed by atoms with E-state index in [1.165, 1.54) is 50.2 Å². The second-order valence-corrected chi connectivity index (χ2v) is 9.34. The number of nitrogens with zero attached hydrogens (tertiary/aromatic N) is 2. The average Bonchev–Trinajstić information content (AvgIpc) is 3.22. The van der Waals surface area contributed by atoms with Crippen molar-refractivity contribution in [3.63, 3.8) is 0 Å². The van der Waals surface area contributed by atoms with Crippen molar-refractivity contribution in [2.24, 2.45) is 14.1 Å². The summed E-state index contributed by atoms with van der Waals surface area (Å²) in [7, 11) is 6.03. The summed E-state index contributed by atoms with van der Waals surface area (Å²) in [4.78, 5) is 0. The average molecular weight is 482 g/mol. The summed E-state index contributed by atoms with van der Waals surface area (Å²) < 4.78 is 10.0. The summed E-state index contributed by atoms with van der Waals surface area (Å²) in [5.41, 5.74) is 10.7. The lowest BCUT2D eigenvalue weighted by Crippen LogP contribution is -2.30. The summed E-state index contributed by atoms with van der Waals surface area (Å²) in [6, 6.07) is 43.0. The highest BCUT2D eigenvalue weighted by Crippen LogP contribution is 2.43. The van der Waals surface area contributed by atoms with Crippen LogP contribution in [0.1, 0.15) is 0 Å². The van der Waals surface area contributed by atoms with E-state index in [0.29, 0.717) is 0 Å². The molecule has 0 amide bonds. The van der Waals surface area contributed by atoms with Crippen molar-refractivity contribution < 1.29 is 9.30 Å². The maximum Gasteiger partial charge on any atom is 0.290 e. The largest absolute Gasteiger partial charge is 0.497 e. The minimum absolute atomic E-state index is 0.856. The Morgan fingerprint density at radius 1 is 0.595 bits per heavy atom. The van der Waals surface area contributed by atoms with E-state index >= 15 is 0 Å². The number of aryl methyl sites for hydroxylation is 2. The summed E-state index contributed by atoms with van der Waals surface area (Å²) >= 11 is 0. The third-order valence-corrected chi connectivity index (χ3v) is 7.19. The van der Waals surface area contributed by atoms with Gasteiger partial charge in [0.1, 0.15) is 5.75 Å². The molecule has 0 radical (unpaired) electrons. The molecule has 0 saturated heterocycles. The van der Waals surface area contributed by atoms with Gasteiger partial charge in [-0.15, -0.1) is 0 Å². The normalized spacial score (nSPS) is 11.1. The monoisotopic (exact) mass is 481 g/mol. The Hall–Kier alpha value is -4.63. The molecular formula is C34H29N2O+. The van der Waals surface area contributed by atoms with Crippen molar-refractivity contribution in [3.05, 3.63) is 121 Å². The molecule has 180 valence electrons. The summed E-state index contributed by atoms with van der Waals surface area (Å²) in [6.45, 7) is 0. The van der Waals surface area contributed by atoms with Crippen molar-refractivity contribution in [2.75, 3.05) is 7.11 Å². The van der Waals surface area contributed by atoms with Crippen LogP contribution in [0.3, 0.4) is 0 Å². The molecule has 6 rings (SSSR count). The third-order valence-electron chi connectivity index (χ3n) is 7.19. The number of methoxy groups -OCH3 is 1. The van der Waals surface area contributed by atoms with Crippen LogP contribution < -0.4 is 9.30 Å². The van der Waals surface area contributed by atoms with Gasteiger partial charge in [0, 0.05) is 0 Å². The first-order chi connectivity index (χ1) is 18.2. The fourth-order valence-electron chi connectivity index (χ4n) is 5.34. The van der Waals surface area contributed by atoms with E-state index in [4.69, 9.17) is 4.74 Å². The highest BCUT2D eigenvalue weighted by atomic mass is 16.5.